The number of nitrogens with one attached hydrogen (secondary N) is 1. The smallest absolute Gasteiger partial charge is 0.391 e. The first kappa shape index (κ1) is 20.1. The molecule has 2 rings (SSSR count). The van der Waals surface area contributed by atoms with Crippen LogP contribution in [0.25, 0.3) is 0 Å². The lowest BCUT2D eigenvalue weighted by Crippen LogP contribution is -2.43. The fourth-order valence-corrected chi connectivity index (χ4v) is 2.93. The number of rotatable bonds is 8. The van der Waals surface area contributed by atoms with E-state index in [4.69, 9.17) is 9.84 Å². The number of hydrogen-bond acceptors (Lipinski definition) is 3. The summed E-state index contributed by atoms with van der Waals surface area (Å²) in [5.74, 6) is -1.73. The first-order valence-corrected chi connectivity index (χ1v) is 8.57. The maximum absolute atomic E-state index is 12.4. The van der Waals surface area contributed by atoms with Crippen molar-refractivity contribution in [3.8, 4) is 5.75 Å². The summed E-state index contributed by atoms with van der Waals surface area (Å²) >= 11 is 0. The van der Waals surface area contributed by atoms with E-state index in [1.54, 1.807) is 18.2 Å². The molecule has 0 bridgehead atoms. The minimum absolute atomic E-state index is 0.103. The van der Waals surface area contributed by atoms with E-state index < -0.39 is 30.5 Å². The standard InChI is InChI=1S/C18H22F3NO4/c19-18(20,21)11-15(17(24)25)22-16(23)9-8-12-4-3-7-14(10-12)26-13-5-1-2-6-13/h3-4,7,10,13,15H,1-2,5-6,8-9,11H2,(H,22,23)(H,24,25). The van der Waals surface area contributed by atoms with E-state index in [2.05, 4.69) is 0 Å². The molecule has 1 aromatic rings. The predicted molar refractivity (Wildman–Crippen MR) is 87.9 cm³/mol. The third kappa shape index (κ3) is 6.93. The summed E-state index contributed by atoms with van der Waals surface area (Å²) in [6, 6.07) is 5.24. The van der Waals surface area contributed by atoms with Crippen LogP contribution in [0.2, 0.25) is 0 Å². The lowest BCUT2D eigenvalue weighted by atomic mass is 10.1. The molecule has 1 amide bonds. The predicted octanol–water partition coefficient (Wildman–Crippen LogP) is 3.46. The van der Waals surface area contributed by atoms with Crippen molar-refractivity contribution < 1.29 is 32.6 Å². The van der Waals surface area contributed by atoms with Crippen molar-refractivity contribution in [2.75, 3.05) is 0 Å². The molecule has 1 saturated carbocycles. The average molecular weight is 373 g/mol. The topological polar surface area (TPSA) is 75.6 Å². The van der Waals surface area contributed by atoms with E-state index in [-0.39, 0.29) is 18.9 Å². The van der Waals surface area contributed by atoms with E-state index in [0.717, 1.165) is 31.2 Å². The van der Waals surface area contributed by atoms with Gasteiger partial charge in [0.2, 0.25) is 5.91 Å². The molecule has 1 aliphatic carbocycles. The lowest BCUT2D eigenvalue weighted by Gasteiger charge is -2.16. The Hall–Kier alpha value is -2.25. The van der Waals surface area contributed by atoms with Crippen LogP contribution < -0.4 is 10.1 Å². The zero-order valence-electron chi connectivity index (χ0n) is 14.2. The zero-order chi connectivity index (χ0) is 19.2. The fourth-order valence-electron chi connectivity index (χ4n) is 2.93. The summed E-state index contributed by atoms with van der Waals surface area (Å²) in [7, 11) is 0. The molecule has 5 nitrogen and oxygen atoms in total. The monoisotopic (exact) mass is 373 g/mol. The Labute approximate surface area is 149 Å². The van der Waals surface area contributed by atoms with Crippen molar-refractivity contribution in [2.45, 2.75) is 63.3 Å². The summed E-state index contributed by atoms with van der Waals surface area (Å²) in [5.41, 5.74) is 0.804. The summed E-state index contributed by atoms with van der Waals surface area (Å²) in [6.07, 6.45) is -1.56. The van der Waals surface area contributed by atoms with Crippen LogP contribution in [-0.2, 0) is 16.0 Å². The maximum Gasteiger partial charge on any atom is 0.391 e. The lowest BCUT2D eigenvalue weighted by molar-refractivity contribution is -0.160. The molecule has 1 atom stereocenters. The Morgan fingerprint density at radius 1 is 1.27 bits per heavy atom. The van der Waals surface area contributed by atoms with E-state index in [9.17, 15) is 22.8 Å². The fraction of sp³-hybridized carbons (Fsp3) is 0.556. The van der Waals surface area contributed by atoms with E-state index in [0.29, 0.717) is 5.75 Å². The summed E-state index contributed by atoms with van der Waals surface area (Å²) in [4.78, 5) is 22.7. The summed E-state index contributed by atoms with van der Waals surface area (Å²) in [6.45, 7) is 0. The highest BCUT2D eigenvalue weighted by Crippen LogP contribution is 2.25. The van der Waals surface area contributed by atoms with Gasteiger partial charge in [0, 0.05) is 6.42 Å². The zero-order valence-corrected chi connectivity index (χ0v) is 14.2. The second-order valence-electron chi connectivity index (χ2n) is 6.45. The number of amides is 1. The molecule has 0 saturated heterocycles. The van der Waals surface area contributed by atoms with Crippen molar-refractivity contribution in [1.82, 2.24) is 5.32 Å². The Bertz CT molecular complexity index is 627. The van der Waals surface area contributed by atoms with Gasteiger partial charge in [-0.2, -0.15) is 13.2 Å². The Kier molecular flexibility index (Phi) is 6.88. The molecule has 0 aromatic heterocycles. The summed E-state index contributed by atoms with van der Waals surface area (Å²) in [5, 5.41) is 10.7. The first-order valence-electron chi connectivity index (χ1n) is 8.57. The maximum atomic E-state index is 12.4. The van der Waals surface area contributed by atoms with Gasteiger partial charge in [-0.1, -0.05) is 12.1 Å². The summed E-state index contributed by atoms with van der Waals surface area (Å²) < 4.78 is 42.9. The molecule has 1 fully saturated rings. The van der Waals surface area contributed by atoms with Gasteiger partial charge in [0.05, 0.1) is 12.5 Å². The van der Waals surface area contributed by atoms with Crippen LogP contribution in [0.5, 0.6) is 5.75 Å². The van der Waals surface area contributed by atoms with Gasteiger partial charge in [-0.05, 0) is 49.8 Å². The number of halogens is 3. The number of carbonyl (C=O) groups is 2. The van der Waals surface area contributed by atoms with Crippen molar-refractivity contribution in [3.05, 3.63) is 29.8 Å². The van der Waals surface area contributed by atoms with Gasteiger partial charge in [-0.15, -0.1) is 0 Å². The molecule has 0 radical (unpaired) electrons. The largest absolute Gasteiger partial charge is 0.490 e. The first-order chi connectivity index (χ1) is 12.2. The Morgan fingerprint density at radius 2 is 1.96 bits per heavy atom. The SMILES string of the molecule is O=C(CCc1cccc(OC2CCCC2)c1)NC(CC(F)(F)F)C(=O)O. The van der Waals surface area contributed by atoms with Gasteiger partial charge in [-0.3, -0.25) is 4.79 Å². The van der Waals surface area contributed by atoms with Gasteiger partial charge in [0.25, 0.3) is 0 Å². The molecular formula is C18H22F3NO4. The highest BCUT2D eigenvalue weighted by atomic mass is 19.4. The number of carbonyl (C=O) groups excluding carboxylic acids is 1. The molecular weight excluding hydrogens is 351 g/mol. The number of aliphatic carboxylic acids is 1. The number of hydrogen-bond donors (Lipinski definition) is 2. The highest BCUT2D eigenvalue weighted by Gasteiger charge is 2.36. The van der Waals surface area contributed by atoms with Crippen molar-refractivity contribution in [3.63, 3.8) is 0 Å². The normalized spacial score (nSPS) is 16.3. The second kappa shape index (κ2) is 8.91. The van der Waals surface area contributed by atoms with Crippen molar-refractivity contribution >= 4 is 11.9 Å². The molecule has 2 N–H and O–H groups in total. The highest BCUT2D eigenvalue weighted by molar-refractivity contribution is 5.83. The van der Waals surface area contributed by atoms with Crippen LogP contribution >= 0.6 is 0 Å². The van der Waals surface area contributed by atoms with E-state index in [1.165, 1.54) is 0 Å². The van der Waals surface area contributed by atoms with E-state index >= 15 is 0 Å². The Balaban J connectivity index is 1.85. The minimum Gasteiger partial charge on any atom is -0.490 e. The van der Waals surface area contributed by atoms with Crippen LogP contribution in [0.15, 0.2) is 24.3 Å². The number of benzene rings is 1. The van der Waals surface area contributed by atoms with Crippen molar-refractivity contribution in [1.29, 1.82) is 0 Å². The number of aryl methyl sites for hydroxylation is 1. The van der Waals surface area contributed by atoms with Crippen LogP contribution in [0.4, 0.5) is 13.2 Å². The molecule has 144 valence electrons. The van der Waals surface area contributed by atoms with Crippen molar-refractivity contribution in [2.24, 2.45) is 0 Å². The quantitative estimate of drug-likeness (QED) is 0.732. The van der Waals surface area contributed by atoms with Crippen LogP contribution in [-0.4, -0.2) is 35.3 Å². The van der Waals surface area contributed by atoms with Crippen LogP contribution in [0.1, 0.15) is 44.1 Å². The molecule has 0 heterocycles. The van der Waals surface area contributed by atoms with Crippen LogP contribution in [0.3, 0.4) is 0 Å². The minimum atomic E-state index is -4.66. The third-order valence-electron chi connectivity index (χ3n) is 4.21. The molecule has 26 heavy (non-hydrogen) atoms. The van der Waals surface area contributed by atoms with Crippen LogP contribution in [0, 0.1) is 0 Å². The molecule has 0 aliphatic heterocycles. The number of ether oxygens (including phenoxy) is 1. The number of alkyl halides is 3. The molecule has 0 spiro atoms. The Morgan fingerprint density at radius 3 is 2.58 bits per heavy atom. The van der Waals surface area contributed by atoms with E-state index in [1.807, 2.05) is 11.4 Å². The van der Waals surface area contributed by atoms with Gasteiger partial charge in [0.1, 0.15) is 11.8 Å². The molecule has 8 heteroatoms. The third-order valence-corrected chi connectivity index (χ3v) is 4.21. The number of carboxylic acids is 1. The molecule has 1 unspecified atom stereocenters. The number of carboxylic acid groups (broad SMARTS) is 1. The van der Waals surface area contributed by atoms with Gasteiger partial charge >= 0.3 is 12.1 Å². The van der Waals surface area contributed by atoms with Gasteiger partial charge < -0.3 is 15.2 Å². The van der Waals surface area contributed by atoms with Gasteiger partial charge in [-0.25, -0.2) is 4.79 Å². The second-order valence-corrected chi connectivity index (χ2v) is 6.45. The van der Waals surface area contributed by atoms with Gasteiger partial charge in [0.15, 0.2) is 0 Å². The molecule has 1 aromatic carbocycles. The average Bonchev–Trinajstić information content (AvgIpc) is 3.04. The molecule has 1 aliphatic rings.